The first-order valence-corrected chi connectivity index (χ1v) is 13.5. The molecular weight excluding hydrogens is 509 g/mol. The van der Waals surface area contributed by atoms with Crippen molar-refractivity contribution in [3.8, 4) is 17.2 Å². The molecule has 0 aliphatic heterocycles. The van der Waals surface area contributed by atoms with Crippen LogP contribution < -0.4 is 14.8 Å². The van der Waals surface area contributed by atoms with Gasteiger partial charge >= 0.3 is 0 Å². The maximum absolute atomic E-state index is 12.5. The van der Waals surface area contributed by atoms with Crippen molar-refractivity contribution in [3.63, 3.8) is 0 Å². The minimum absolute atomic E-state index is 0.0295. The Hall–Kier alpha value is -2.74. The van der Waals surface area contributed by atoms with Crippen LogP contribution in [-0.2, 0) is 27.6 Å². The molecular formula is C26H27Cl2NO5S. The number of nitrogens with one attached hydrogen (secondary N) is 1. The first kappa shape index (κ1) is 26.9. The molecule has 0 aromatic heterocycles. The maximum atomic E-state index is 12.5. The fourth-order valence-corrected chi connectivity index (χ4v) is 4.68. The van der Waals surface area contributed by atoms with Gasteiger partial charge < -0.3 is 14.8 Å². The van der Waals surface area contributed by atoms with Crippen molar-refractivity contribution in [2.24, 2.45) is 0 Å². The van der Waals surface area contributed by atoms with E-state index >= 15 is 0 Å². The largest absolute Gasteiger partial charge is 0.496 e. The molecule has 0 atom stereocenters. The lowest BCUT2D eigenvalue weighted by Crippen LogP contribution is -2.24. The summed E-state index contributed by atoms with van der Waals surface area (Å²) in [4.78, 5) is 12.7. The summed E-state index contributed by atoms with van der Waals surface area (Å²) in [6.07, 6.45) is 1.16. The second-order valence-corrected chi connectivity index (χ2v) is 11.2. The summed E-state index contributed by atoms with van der Waals surface area (Å²) in [6.45, 7) is 4.27. The van der Waals surface area contributed by atoms with Crippen molar-refractivity contribution in [2.45, 2.75) is 37.6 Å². The molecule has 0 heterocycles. The number of carbonyl (C=O) groups excluding carboxylic acids is 1. The molecule has 35 heavy (non-hydrogen) atoms. The zero-order chi connectivity index (χ0) is 25.8. The zero-order valence-electron chi connectivity index (χ0n) is 19.9. The van der Waals surface area contributed by atoms with E-state index in [1.54, 1.807) is 37.4 Å². The van der Waals surface area contributed by atoms with Crippen LogP contribution in [-0.4, -0.2) is 27.7 Å². The normalized spacial score (nSPS) is 11.4. The smallest absolute Gasteiger partial charge is 0.224 e. The Bertz CT molecular complexity index is 1340. The number of sulfone groups is 1. The highest BCUT2D eigenvalue weighted by Gasteiger charge is 2.16. The van der Waals surface area contributed by atoms with Gasteiger partial charge in [-0.25, -0.2) is 8.42 Å². The fraction of sp³-hybridized carbons (Fsp3) is 0.269. The highest BCUT2D eigenvalue weighted by molar-refractivity contribution is 7.90. The van der Waals surface area contributed by atoms with Gasteiger partial charge in [0.1, 0.15) is 11.5 Å². The standard InChI is InChI=1S/C26H27Cl2NO5S/c1-16(2)21-14-19(9-11-23(21)33-3)34-26-22(27)10-8-18(25(26)28)15-29-24(30)13-17-6-5-7-20(12-17)35(4,31)32/h5-12,14,16H,13,15H2,1-4H3,(H,29,30). The summed E-state index contributed by atoms with van der Waals surface area (Å²) in [7, 11) is -1.73. The Morgan fingerprint density at radius 1 is 1.06 bits per heavy atom. The van der Waals surface area contributed by atoms with Crippen LogP contribution >= 0.6 is 23.2 Å². The van der Waals surface area contributed by atoms with E-state index in [-0.39, 0.29) is 29.7 Å². The predicted octanol–water partition coefficient (Wildman–Crippen LogP) is 6.18. The molecule has 3 rings (SSSR count). The quantitative estimate of drug-likeness (QED) is 0.353. The highest BCUT2D eigenvalue weighted by atomic mass is 35.5. The van der Waals surface area contributed by atoms with Crippen LogP contribution in [0.25, 0.3) is 0 Å². The van der Waals surface area contributed by atoms with E-state index in [1.807, 2.05) is 12.1 Å². The summed E-state index contributed by atoms with van der Waals surface area (Å²) in [5, 5.41) is 3.44. The molecule has 1 N–H and O–H groups in total. The molecule has 3 aromatic rings. The van der Waals surface area contributed by atoms with Crippen LogP contribution in [0.1, 0.15) is 36.5 Å². The van der Waals surface area contributed by atoms with Gasteiger partial charge in [0.25, 0.3) is 0 Å². The summed E-state index contributed by atoms with van der Waals surface area (Å²) < 4.78 is 34.9. The van der Waals surface area contributed by atoms with E-state index in [0.717, 1.165) is 17.6 Å². The van der Waals surface area contributed by atoms with E-state index in [1.165, 1.54) is 12.1 Å². The molecule has 0 radical (unpaired) electrons. The molecule has 1 amide bonds. The van der Waals surface area contributed by atoms with Crippen molar-refractivity contribution >= 4 is 38.9 Å². The first-order chi connectivity index (χ1) is 16.5. The molecule has 0 fully saturated rings. The lowest BCUT2D eigenvalue weighted by molar-refractivity contribution is -0.120. The molecule has 186 valence electrons. The van der Waals surface area contributed by atoms with Gasteiger partial charge in [-0.2, -0.15) is 0 Å². The minimum atomic E-state index is -3.35. The Labute approximate surface area is 216 Å². The Balaban J connectivity index is 1.74. The molecule has 9 heteroatoms. The van der Waals surface area contributed by atoms with Crippen LogP contribution in [0, 0.1) is 0 Å². The summed E-state index contributed by atoms with van der Waals surface area (Å²) in [5.41, 5.74) is 2.21. The van der Waals surface area contributed by atoms with E-state index < -0.39 is 9.84 Å². The monoisotopic (exact) mass is 535 g/mol. The van der Waals surface area contributed by atoms with Gasteiger partial charge in [-0.05, 0) is 53.4 Å². The molecule has 0 unspecified atom stereocenters. The number of hydrogen-bond donors (Lipinski definition) is 1. The van der Waals surface area contributed by atoms with E-state index in [2.05, 4.69) is 19.2 Å². The first-order valence-electron chi connectivity index (χ1n) is 10.9. The van der Waals surface area contributed by atoms with Crippen LogP contribution in [0.4, 0.5) is 0 Å². The number of hydrogen-bond acceptors (Lipinski definition) is 5. The van der Waals surface area contributed by atoms with Gasteiger partial charge in [0.05, 0.1) is 28.5 Å². The molecule has 0 aliphatic rings. The number of methoxy groups -OCH3 is 1. The molecule has 0 aliphatic carbocycles. The van der Waals surface area contributed by atoms with Crippen LogP contribution in [0.5, 0.6) is 17.2 Å². The summed E-state index contributed by atoms with van der Waals surface area (Å²) in [6, 6.07) is 15.2. The molecule has 0 bridgehead atoms. The fourth-order valence-electron chi connectivity index (χ4n) is 3.48. The zero-order valence-corrected chi connectivity index (χ0v) is 22.2. The van der Waals surface area contributed by atoms with Crippen molar-refractivity contribution in [1.82, 2.24) is 5.32 Å². The third kappa shape index (κ3) is 6.90. The summed E-state index contributed by atoms with van der Waals surface area (Å²) >= 11 is 13.0. The van der Waals surface area contributed by atoms with E-state index in [4.69, 9.17) is 32.7 Å². The Morgan fingerprint density at radius 2 is 1.80 bits per heavy atom. The molecule has 0 spiro atoms. The maximum Gasteiger partial charge on any atom is 0.224 e. The Morgan fingerprint density at radius 3 is 2.46 bits per heavy atom. The topological polar surface area (TPSA) is 81.7 Å². The molecule has 0 saturated carbocycles. The minimum Gasteiger partial charge on any atom is -0.496 e. The predicted molar refractivity (Wildman–Crippen MR) is 139 cm³/mol. The van der Waals surface area contributed by atoms with Gasteiger partial charge in [-0.15, -0.1) is 0 Å². The molecule has 3 aromatic carbocycles. The van der Waals surface area contributed by atoms with Gasteiger partial charge in [0, 0.05) is 18.4 Å². The summed E-state index contributed by atoms with van der Waals surface area (Å²) in [5.74, 6) is 1.56. The molecule has 0 saturated heterocycles. The number of rotatable bonds is 9. The van der Waals surface area contributed by atoms with E-state index in [0.29, 0.717) is 32.7 Å². The van der Waals surface area contributed by atoms with Crippen LogP contribution in [0.15, 0.2) is 59.5 Å². The SMILES string of the molecule is COc1ccc(Oc2c(Cl)ccc(CNC(=O)Cc3cccc(S(C)(=O)=O)c3)c2Cl)cc1C(C)C. The van der Waals surface area contributed by atoms with Crippen molar-refractivity contribution in [3.05, 3.63) is 81.3 Å². The second kappa shape index (κ2) is 11.3. The van der Waals surface area contributed by atoms with Crippen LogP contribution in [0.3, 0.4) is 0 Å². The van der Waals surface area contributed by atoms with Crippen molar-refractivity contribution in [1.29, 1.82) is 0 Å². The number of amides is 1. The van der Waals surface area contributed by atoms with Gasteiger partial charge in [-0.1, -0.05) is 55.2 Å². The number of carbonyl (C=O) groups is 1. The third-order valence-corrected chi connectivity index (χ3v) is 7.16. The lowest BCUT2D eigenvalue weighted by Gasteiger charge is -2.16. The number of benzene rings is 3. The number of ether oxygens (including phenoxy) is 2. The van der Waals surface area contributed by atoms with Crippen molar-refractivity contribution < 1.29 is 22.7 Å². The lowest BCUT2D eigenvalue weighted by atomic mass is 10.0. The van der Waals surface area contributed by atoms with E-state index in [9.17, 15) is 13.2 Å². The molecule has 6 nitrogen and oxygen atoms in total. The van der Waals surface area contributed by atoms with Crippen molar-refractivity contribution in [2.75, 3.05) is 13.4 Å². The average molecular weight is 536 g/mol. The second-order valence-electron chi connectivity index (χ2n) is 8.38. The van der Waals surface area contributed by atoms with Crippen LogP contribution in [0.2, 0.25) is 10.0 Å². The van der Waals surface area contributed by atoms with Gasteiger partial charge in [0.15, 0.2) is 15.6 Å². The van der Waals surface area contributed by atoms with Gasteiger partial charge in [0.2, 0.25) is 5.91 Å². The highest BCUT2D eigenvalue weighted by Crippen LogP contribution is 2.40. The average Bonchev–Trinajstić information content (AvgIpc) is 2.80. The number of halogens is 2. The third-order valence-electron chi connectivity index (χ3n) is 5.34. The van der Waals surface area contributed by atoms with Gasteiger partial charge in [-0.3, -0.25) is 4.79 Å². The Kier molecular flexibility index (Phi) is 8.70.